The highest BCUT2D eigenvalue weighted by Crippen LogP contribution is 2.17. The Morgan fingerprint density at radius 2 is 2.00 bits per heavy atom. The number of nitrogens with one attached hydrogen (secondary N) is 1. The maximum absolute atomic E-state index is 11.5. The van der Waals surface area contributed by atoms with E-state index in [2.05, 4.69) is 5.32 Å². The van der Waals surface area contributed by atoms with Gasteiger partial charge in [0.15, 0.2) is 0 Å². The van der Waals surface area contributed by atoms with Gasteiger partial charge in [-0.05, 0) is 43.4 Å². The van der Waals surface area contributed by atoms with Crippen molar-refractivity contribution in [3.8, 4) is 0 Å². The fourth-order valence-electron chi connectivity index (χ4n) is 1.28. The van der Waals surface area contributed by atoms with Gasteiger partial charge in [0.25, 0.3) is 0 Å². The lowest BCUT2D eigenvalue weighted by atomic mass is 10.2. The lowest BCUT2D eigenvalue weighted by Crippen LogP contribution is -2.10. The summed E-state index contributed by atoms with van der Waals surface area (Å²) in [5.41, 5.74) is 0.855. The van der Waals surface area contributed by atoms with Crippen LogP contribution in [0.3, 0.4) is 0 Å². The predicted molar refractivity (Wildman–Crippen MR) is 71.4 cm³/mol. The standard InChI is InChI=1S/C12H16ClNOS/c1-16-11-7-5-10(6-8-11)14-12(15)4-2-3-9-13/h5-8H,2-4,9H2,1H3,(H,14,15). The molecular weight excluding hydrogens is 242 g/mol. The summed E-state index contributed by atoms with van der Waals surface area (Å²) in [4.78, 5) is 12.7. The van der Waals surface area contributed by atoms with E-state index in [1.54, 1.807) is 11.8 Å². The Labute approximate surface area is 106 Å². The zero-order valence-electron chi connectivity index (χ0n) is 9.33. The number of amides is 1. The number of carbonyl (C=O) groups is 1. The first-order valence-corrected chi connectivity index (χ1v) is 7.02. The van der Waals surface area contributed by atoms with Crippen molar-refractivity contribution in [2.24, 2.45) is 0 Å². The fourth-order valence-corrected chi connectivity index (χ4v) is 1.88. The van der Waals surface area contributed by atoms with Crippen molar-refractivity contribution in [2.75, 3.05) is 17.5 Å². The average molecular weight is 258 g/mol. The second-order valence-corrected chi connectivity index (χ2v) is 4.68. The van der Waals surface area contributed by atoms with Gasteiger partial charge in [0.05, 0.1) is 0 Å². The monoisotopic (exact) mass is 257 g/mol. The SMILES string of the molecule is CSc1ccc(NC(=O)CCCCCl)cc1. The molecule has 0 fully saturated rings. The molecule has 2 nitrogen and oxygen atoms in total. The molecular formula is C12H16ClNOS. The van der Waals surface area contributed by atoms with Crippen LogP contribution in [-0.4, -0.2) is 18.0 Å². The first kappa shape index (κ1) is 13.4. The maximum atomic E-state index is 11.5. The van der Waals surface area contributed by atoms with E-state index in [1.807, 2.05) is 30.5 Å². The van der Waals surface area contributed by atoms with E-state index in [4.69, 9.17) is 11.6 Å². The van der Waals surface area contributed by atoms with Crippen LogP contribution in [-0.2, 0) is 4.79 Å². The van der Waals surface area contributed by atoms with Gasteiger partial charge in [-0.2, -0.15) is 0 Å². The summed E-state index contributed by atoms with van der Waals surface area (Å²) in [7, 11) is 0. The summed E-state index contributed by atoms with van der Waals surface area (Å²) < 4.78 is 0. The van der Waals surface area contributed by atoms with Gasteiger partial charge in [-0.15, -0.1) is 23.4 Å². The molecule has 1 amide bonds. The van der Waals surface area contributed by atoms with Crippen molar-refractivity contribution < 1.29 is 4.79 Å². The van der Waals surface area contributed by atoms with Crippen LogP contribution in [0.4, 0.5) is 5.69 Å². The van der Waals surface area contributed by atoms with E-state index < -0.39 is 0 Å². The summed E-state index contributed by atoms with van der Waals surface area (Å²) >= 11 is 7.23. The Bertz CT molecular complexity index is 326. The third kappa shape index (κ3) is 4.90. The molecule has 88 valence electrons. The smallest absolute Gasteiger partial charge is 0.224 e. The molecule has 0 spiro atoms. The fraction of sp³-hybridized carbons (Fsp3) is 0.417. The van der Waals surface area contributed by atoms with Crippen LogP contribution in [0.15, 0.2) is 29.2 Å². The summed E-state index contributed by atoms with van der Waals surface area (Å²) in [6.45, 7) is 0. The molecule has 4 heteroatoms. The molecule has 0 radical (unpaired) electrons. The number of hydrogen-bond acceptors (Lipinski definition) is 2. The molecule has 0 atom stereocenters. The molecule has 0 unspecified atom stereocenters. The molecule has 0 aromatic heterocycles. The third-order valence-electron chi connectivity index (χ3n) is 2.16. The normalized spacial score (nSPS) is 10.1. The molecule has 0 bridgehead atoms. The van der Waals surface area contributed by atoms with Crippen LogP contribution in [0.25, 0.3) is 0 Å². The number of alkyl halides is 1. The average Bonchev–Trinajstić information content (AvgIpc) is 2.30. The van der Waals surface area contributed by atoms with Gasteiger partial charge in [0, 0.05) is 22.9 Å². The number of halogens is 1. The largest absolute Gasteiger partial charge is 0.326 e. The molecule has 1 aromatic carbocycles. The predicted octanol–water partition coefficient (Wildman–Crippen LogP) is 3.76. The number of hydrogen-bond donors (Lipinski definition) is 1. The maximum Gasteiger partial charge on any atom is 0.224 e. The van der Waals surface area contributed by atoms with Crippen molar-refractivity contribution >= 4 is 35.0 Å². The van der Waals surface area contributed by atoms with Crippen LogP contribution < -0.4 is 5.32 Å². The number of rotatable bonds is 6. The lowest BCUT2D eigenvalue weighted by molar-refractivity contribution is -0.116. The number of benzene rings is 1. The molecule has 0 aliphatic rings. The van der Waals surface area contributed by atoms with Gasteiger partial charge < -0.3 is 5.32 Å². The highest BCUT2D eigenvalue weighted by atomic mass is 35.5. The van der Waals surface area contributed by atoms with E-state index in [-0.39, 0.29) is 5.91 Å². The summed E-state index contributed by atoms with van der Waals surface area (Å²) in [5, 5.41) is 2.86. The molecule has 1 N–H and O–H groups in total. The van der Waals surface area contributed by atoms with Crippen LogP contribution in [0.5, 0.6) is 0 Å². The van der Waals surface area contributed by atoms with Crippen LogP contribution in [0.1, 0.15) is 19.3 Å². The summed E-state index contributed by atoms with van der Waals surface area (Å²) in [6, 6.07) is 7.84. The minimum absolute atomic E-state index is 0.0574. The highest BCUT2D eigenvalue weighted by molar-refractivity contribution is 7.98. The van der Waals surface area contributed by atoms with Crippen molar-refractivity contribution in [3.63, 3.8) is 0 Å². The Hall–Kier alpha value is -0.670. The zero-order chi connectivity index (χ0) is 11.8. The van der Waals surface area contributed by atoms with Crippen LogP contribution in [0.2, 0.25) is 0 Å². The van der Waals surface area contributed by atoms with Crippen LogP contribution >= 0.6 is 23.4 Å². The topological polar surface area (TPSA) is 29.1 Å². The van der Waals surface area contributed by atoms with E-state index in [0.717, 1.165) is 18.5 Å². The van der Waals surface area contributed by atoms with Crippen LogP contribution in [0, 0.1) is 0 Å². The molecule has 0 aliphatic carbocycles. The highest BCUT2D eigenvalue weighted by Gasteiger charge is 2.01. The van der Waals surface area contributed by atoms with Crippen molar-refractivity contribution in [3.05, 3.63) is 24.3 Å². The molecule has 1 rings (SSSR count). The van der Waals surface area contributed by atoms with E-state index in [1.165, 1.54) is 4.90 Å². The molecule has 16 heavy (non-hydrogen) atoms. The number of unbranched alkanes of at least 4 members (excludes halogenated alkanes) is 1. The van der Waals surface area contributed by atoms with Crippen molar-refractivity contribution in [2.45, 2.75) is 24.2 Å². The molecule has 0 heterocycles. The summed E-state index contributed by atoms with van der Waals surface area (Å²) in [5.74, 6) is 0.678. The summed E-state index contributed by atoms with van der Waals surface area (Å²) in [6.07, 6.45) is 4.30. The molecule has 0 saturated carbocycles. The van der Waals surface area contributed by atoms with Crippen molar-refractivity contribution in [1.82, 2.24) is 0 Å². The number of carbonyl (C=O) groups excluding carboxylic acids is 1. The van der Waals surface area contributed by atoms with Gasteiger partial charge in [-0.3, -0.25) is 4.79 Å². The second kappa shape index (κ2) is 7.58. The Balaban J connectivity index is 2.37. The van der Waals surface area contributed by atoms with Crippen molar-refractivity contribution in [1.29, 1.82) is 0 Å². The third-order valence-corrected chi connectivity index (χ3v) is 3.17. The van der Waals surface area contributed by atoms with E-state index >= 15 is 0 Å². The van der Waals surface area contributed by atoms with Gasteiger partial charge in [0.1, 0.15) is 0 Å². The molecule has 0 aliphatic heterocycles. The minimum atomic E-state index is 0.0574. The van der Waals surface area contributed by atoms with E-state index in [9.17, 15) is 4.79 Å². The Morgan fingerprint density at radius 3 is 2.56 bits per heavy atom. The zero-order valence-corrected chi connectivity index (χ0v) is 10.9. The first-order chi connectivity index (χ1) is 7.76. The molecule has 0 saturated heterocycles. The van der Waals surface area contributed by atoms with Gasteiger partial charge in [-0.1, -0.05) is 0 Å². The van der Waals surface area contributed by atoms with Gasteiger partial charge >= 0.3 is 0 Å². The van der Waals surface area contributed by atoms with Gasteiger partial charge in [-0.25, -0.2) is 0 Å². The Kier molecular flexibility index (Phi) is 6.34. The quantitative estimate of drug-likeness (QED) is 0.478. The van der Waals surface area contributed by atoms with Gasteiger partial charge in [0.2, 0.25) is 5.91 Å². The second-order valence-electron chi connectivity index (χ2n) is 3.42. The molecule has 1 aromatic rings. The van der Waals surface area contributed by atoms with E-state index in [0.29, 0.717) is 12.3 Å². The minimum Gasteiger partial charge on any atom is -0.326 e. The first-order valence-electron chi connectivity index (χ1n) is 5.26. The number of anilines is 1. The lowest BCUT2D eigenvalue weighted by Gasteiger charge is -2.05. The number of thioether (sulfide) groups is 1. The Morgan fingerprint density at radius 1 is 1.31 bits per heavy atom.